The molecule has 3 aromatic carbocycles. The van der Waals surface area contributed by atoms with Gasteiger partial charge in [0.2, 0.25) is 5.82 Å². The lowest BCUT2D eigenvalue weighted by atomic mass is 10.1. The minimum absolute atomic E-state index is 0.0180. The zero-order valence-corrected chi connectivity index (χ0v) is 16.3. The molecule has 0 unspecified atom stereocenters. The molecule has 0 amide bonds. The summed E-state index contributed by atoms with van der Waals surface area (Å²) in [7, 11) is 1.57. The molecule has 8 heteroatoms. The molecule has 4 rings (SSSR count). The van der Waals surface area contributed by atoms with Gasteiger partial charge in [-0.05, 0) is 54.1 Å². The van der Waals surface area contributed by atoms with Gasteiger partial charge in [-0.3, -0.25) is 10.1 Å². The first-order chi connectivity index (χ1) is 14.5. The van der Waals surface area contributed by atoms with Crippen molar-refractivity contribution in [1.82, 2.24) is 9.97 Å². The Morgan fingerprint density at radius 2 is 1.63 bits per heavy atom. The van der Waals surface area contributed by atoms with Gasteiger partial charge in [-0.15, -0.1) is 0 Å². The third-order valence-corrected chi connectivity index (χ3v) is 4.50. The third kappa shape index (κ3) is 3.97. The van der Waals surface area contributed by atoms with Crippen molar-refractivity contribution >= 4 is 28.0 Å². The number of nitrogens with one attached hydrogen (secondary N) is 1. The highest BCUT2D eigenvalue weighted by molar-refractivity contribution is 5.83. The molecule has 0 radical (unpaired) electrons. The molecule has 1 aromatic heterocycles. The van der Waals surface area contributed by atoms with E-state index < -0.39 is 4.92 Å². The number of nitro groups is 1. The predicted molar refractivity (Wildman–Crippen MR) is 114 cm³/mol. The molecule has 0 aliphatic rings. The molecule has 0 fully saturated rings. The standard InChI is InChI=1S/C22H18N4O4/c1-14-20(26(27)28)21(24-17-8-11-18(29-2)12-9-17)25-22(23-14)30-19-10-7-15-5-3-4-6-16(15)13-19/h3-13H,1-2H3,(H,23,24,25). The fourth-order valence-corrected chi connectivity index (χ4v) is 3.04. The summed E-state index contributed by atoms with van der Waals surface area (Å²) in [6.45, 7) is 1.55. The third-order valence-electron chi connectivity index (χ3n) is 4.50. The van der Waals surface area contributed by atoms with Crippen LogP contribution in [0.25, 0.3) is 10.8 Å². The molecule has 0 spiro atoms. The normalized spacial score (nSPS) is 10.6. The van der Waals surface area contributed by atoms with Crippen molar-refractivity contribution in [2.75, 3.05) is 12.4 Å². The number of benzene rings is 3. The summed E-state index contributed by atoms with van der Waals surface area (Å²) < 4.78 is 10.9. The summed E-state index contributed by atoms with van der Waals surface area (Å²) >= 11 is 0. The van der Waals surface area contributed by atoms with Gasteiger partial charge in [-0.2, -0.15) is 9.97 Å². The van der Waals surface area contributed by atoms with Crippen LogP contribution in [0.2, 0.25) is 0 Å². The molecule has 8 nitrogen and oxygen atoms in total. The van der Waals surface area contributed by atoms with Crippen LogP contribution in [-0.4, -0.2) is 22.0 Å². The van der Waals surface area contributed by atoms with Crippen LogP contribution in [-0.2, 0) is 0 Å². The number of ether oxygens (including phenoxy) is 2. The van der Waals surface area contributed by atoms with Crippen molar-refractivity contribution in [2.45, 2.75) is 6.92 Å². The smallest absolute Gasteiger partial charge is 0.332 e. The number of nitrogens with zero attached hydrogens (tertiary/aromatic N) is 3. The van der Waals surface area contributed by atoms with Crippen LogP contribution in [0.3, 0.4) is 0 Å². The maximum Gasteiger partial charge on any atom is 0.332 e. The fraction of sp³-hybridized carbons (Fsp3) is 0.0909. The van der Waals surface area contributed by atoms with Gasteiger partial charge >= 0.3 is 11.7 Å². The zero-order valence-electron chi connectivity index (χ0n) is 16.3. The van der Waals surface area contributed by atoms with E-state index in [4.69, 9.17) is 9.47 Å². The van der Waals surface area contributed by atoms with E-state index in [1.165, 1.54) is 0 Å². The number of hydrogen-bond acceptors (Lipinski definition) is 7. The quantitative estimate of drug-likeness (QED) is 0.341. The number of hydrogen-bond donors (Lipinski definition) is 1. The number of aryl methyl sites for hydroxylation is 1. The maximum atomic E-state index is 11.6. The van der Waals surface area contributed by atoms with E-state index in [0.29, 0.717) is 17.2 Å². The van der Waals surface area contributed by atoms with E-state index in [1.54, 1.807) is 44.4 Å². The van der Waals surface area contributed by atoms with Gasteiger partial charge in [0.25, 0.3) is 0 Å². The van der Waals surface area contributed by atoms with E-state index in [0.717, 1.165) is 10.8 Å². The second-order valence-electron chi connectivity index (χ2n) is 6.51. The molecule has 0 atom stereocenters. The minimum atomic E-state index is -0.513. The lowest BCUT2D eigenvalue weighted by molar-refractivity contribution is -0.385. The van der Waals surface area contributed by atoms with Gasteiger partial charge in [-0.25, -0.2) is 0 Å². The van der Waals surface area contributed by atoms with E-state index in [-0.39, 0.29) is 23.2 Å². The summed E-state index contributed by atoms with van der Waals surface area (Å²) in [4.78, 5) is 19.5. The molecular formula is C22H18N4O4. The summed E-state index contributed by atoms with van der Waals surface area (Å²) in [5.74, 6) is 1.26. The topological polar surface area (TPSA) is 99.4 Å². The van der Waals surface area contributed by atoms with E-state index in [1.807, 2.05) is 36.4 Å². The Morgan fingerprint density at radius 1 is 0.933 bits per heavy atom. The molecule has 0 aliphatic heterocycles. The van der Waals surface area contributed by atoms with Crippen molar-refractivity contribution in [1.29, 1.82) is 0 Å². The predicted octanol–water partition coefficient (Wildman–Crippen LogP) is 5.39. The van der Waals surface area contributed by atoms with Gasteiger partial charge in [0.1, 0.15) is 17.2 Å². The lowest BCUT2D eigenvalue weighted by Crippen LogP contribution is -2.05. The summed E-state index contributed by atoms with van der Waals surface area (Å²) in [5, 5.41) is 16.6. The van der Waals surface area contributed by atoms with Crippen molar-refractivity contribution < 1.29 is 14.4 Å². The first-order valence-corrected chi connectivity index (χ1v) is 9.14. The van der Waals surface area contributed by atoms with Crippen molar-refractivity contribution in [3.63, 3.8) is 0 Å². The van der Waals surface area contributed by atoms with Crippen LogP contribution < -0.4 is 14.8 Å². The molecular weight excluding hydrogens is 384 g/mol. The van der Waals surface area contributed by atoms with E-state index in [2.05, 4.69) is 15.3 Å². The van der Waals surface area contributed by atoms with Gasteiger partial charge in [0.05, 0.1) is 12.0 Å². The second kappa shape index (κ2) is 8.04. The SMILES string of the molecule is COc1ccc(Nc2nc(Oc3ccc4ccccc4c3)nc(C)c2[N+](=O)[O-])cc1. The largest absolute Gasteiger partial charge is 0.497 e. The molecule has 0 aliphatic carbocycles. The number of rotatable bonds is 6. The Balaban J connectivity index is 1.68. The van der Waals surface area contributed by atoms with Gasteiger partial charge in [0.15, 0.2) is 0 Å². The Bertz CT molecular complexity index is 1230. The lowest BCUT2D eigenvalue weighted by Gasteiger charge is -2.11. The summed E-state index contributed by atoms with van der Waals surface area (Å²) in [6, 6.07) is 20.5. The fourth-order valence-electron chi connectivity index (χ4n) is 3.04. The minimum Gasteiger partial charge on any atom is -0.497 e. The van der Waals surface area contributed by atoms with Crippen molar-refractivity contribution in [2.24, 2.45) is 0 Å². The molecule has 150 valence electrons. The highest BCUT2D eigenvalue weighted by Crippen LogP contribution is 2.32. The van der Waals surface area contributed by atoms with Crippen LogP contribution in [0.5, 0.6) is 17.5 Å². The van der Waals surface area contributed by atoms with Crippen molar-refractivity contribution in [3.05, 3.63) is 82.5 Å². The first kappa shape index (κ1) is 19.1. The Kier molecular flexibility index (Phi) is 5.13. The average Bonchev–Trinajstić information content (AvgIpc) is 2.73. The molecule has 1 N–H and O–H groups in total. The van der Waals surface area contributed by atoms with Crippen LogP contribution in [0.15, 0.2) is 66.7 Å². The van der Waals surface area contributed by atoms with Crippen LogP contribution in [0.1, 0.15) is 5.69 Å². The Morgan fingerprint density at radius 3 is 2.33 bits per heavy atom. The summed E-state index contributed by atoms with van der Waals surface area (Å²) in [5.41, 5.74) is 0.604. The number of anilines is 2. The van der Waals surface area contributed by atoms with Gasteiger partial charge in [0, 0.05) is 5.69 Å². The van der Waals surface area contributed by atoms with Crippen LogP contribution in [0, 0.1) is 17.0 Å². The zero-order chi connectivity index (χ0) is 21.1. The highest BCUT2D eigenvalue weighted by Gasteiger charge is 2.23. The summed E-state index contributed by atoms with van der Waals surface area (Å²) in [6.07, 6.45) is 0. The number of methoxy groups -OCH3 is 1. The maximum absolute atomic E-state index is 11.6. The molecule has 0 saturated carbocycles. The first-order valence-electron chi connectivity index (χ1n) is 9.14. The number of aromatic nitrogens is 2. The number of fused-ring (bicyclic) bond motifs is 1. The monoisotopic (exact) mass is 402 g/mol. The van der Waals surface area contributed by atoms with Gasteiger partial charge < -0.3 is 14.8 Å². The van der Waals surface area contributed by atoms with Crippen LogP contribution >= 0.6 is 0 Å². The van der Waals surface area contributed by atoms with E-state index in [9.17, 15) is 10.1 Å². The Labute approximate surface area is 172 Å². The Hall–Kier alpha value is -4.20. The molecule has 0 bridgehead atoms. The average molecular weight is 402 g/mol. The second-order valence-corrected chi connectivity index (χ2v) is 6.51. The van der Waals surface area contributed by atoms with Crippen molar-refractivity contribution in [3.8, 4) is 17.5 Å². The van der Waals surface area contributed by atoms with E-state index >= 15 is 0 Å². The molecule has 30 heavy (non-hydrogen) atoms. The molecule has 1 heterocycles. The molecule has 4 aromatic rings. The van der Waals surface area contributed by atoms with Gasteiger partial charge in [-0.1, -0.05) is 30.3 Å². The highest BCUT2D eigenvalue weighted by atomic mass is 16.6. The van der Waals surface area contributed by atoms with Crippen LogP contribution in [0.4, 0.5) is 17.2 Å². The molecule has 0 saturated heterocycles.